The zero-order valence-corrected chi connectivity index (χ0v) is 12.8. The minimum Gasteiger partial charge on any atom is -0.497 e. The fraction of sp³-hybridized carbons (Fsp3) is 0.294. The maximum absolute atomic E-state index is 5.67. The molecule has 0 aliphatic carbocycles. The number of nitrogens with one attached hydrogen (secondary N) is 1. The van der Waals surface area contributed by atoms with Gasteiger partial charge in [0.2, 0.25) is 0 Å². The van der Waals surface area contributed by atoms with Crippen LogP contribution in [0.25, 0.3) is 0 Å². The second-order valence-corrected chi connectivity index (χ2v) is 5.03. The van der Waals surface area contributed by atoms with Gasteiger partial charge in [-0.05, 0) is 50.5 Å². The molecular weight excluding hydrogens is 264 g/mol. The first kappa shape index (κ1) is 15.2. The number of rotatable bonds is 7. The van der Waals surface area contributed by atoms with Gasteiger partial charge in [0.25, 0.3) is 0 Å². The summed E-state index contributed by atoms with van der Waals surface area (Å²) in [6.07, 6.45) is 0. The van der Waals surface area contributed by atoms with Crippen LogP contribution in [0.2, 0.25) is 0 Å². The Morgan fingerprint density at radius 2 is 1.71 bits per heavy atom. The van der Waals surface area contributed by atoms with E-state index in [1.807, 2.05) is 62.6 Å². The van der Waals surface area contributed by atoms with Gasteiger partial charge in [0, 0.05) is 24.0 Å². The van der Waals surface area contributed by atoms with E-state index in [1.54, 1.807) is 7.11 Å². The molecule has 0 saturated carbocycles. The van der Waals surface area contributed by atoms with Crippen molar-refractivity contribution in [1.82, 2.24) is 4.90 Å². The SMILES string of the molecule is COc1cccc(Nc2ccc(OCCN(C)C)cc2)c1. The standard InChI is InChI=1S/C17H22N2O2/c1-19(2)11-12-21-16-9-7-14(8-10-16)18-15-5-4-6-17(13-15)20-3/h4-10,13,18H,11-12H2,1-3H3. The minimum atomic E-state index is 0.690. The van der Waals surface area contributed by atoms with E-state index in [-0.39, 0.29) is 0 Å². The third-order valence-corrected chi connectivity index (χ3v) is 3.02. The number of anilines is 2. The van der Waals surface area contributed by atoms with Crippen molar-refractivity contribution in [1.29, 1.82) is 0 Å². The minimum absolute atomic E-state index is 0.690. The maximum Gasteiger partial charge on any atom is 0.120 e. The first-order chi connectivity index (χ1) is 10.2. The van der Waals surface area contributed by atoms with Gasteiger partial charge in [-0.15, -0.1) is 0 Å². The van der Waals surface area contributed by atoms with E-state index in [4.69, 9.17) is 9.47 Å². The predicted octanol–water partition coefficient (Wildman–Crippen LogP) is 3.38. The Hall–Kier alpha value is -2.20. The average Bonchev–Trinajstić information content (AvgIpc) is 2.49. The van der Waals surface area contributed by atoms with Crippen LogP contribution in [0.4, 0.5) is 11.4 Å². The number of methoxy groups -OCH3 is 1. The quantitative estimate of drug-likeness (QED) is 0.846. The largest absolute Gasteiger partial charge is 0.497 e. The summed E-state index contributed by atoms with van der Waals surface area (Å²) in [6, 6.07) is 15.8. The highest BCUT2D eigenvalue weighted by Crippen LogP contribution is 2.23. The fourth-order valence-electron chi connectivity index (χ4n) is 1.85. The molecule has 4 heteroatoms. The lowest BCUT2D eigenvalue weighted by Crippen LogP contribution is -2.19. The molecule has 0 amide bonds. The monoisotopic (exact) mass is 286 g/mol. The predicted molar refractivity (Wildman–Crippen MR) is 86.8 cm³/mol. The number of ether oxygens (including phenoxy) is 2. The van der Waals surface area contributed by atoms with Gasteiger partial charge >= 0.3 is 0 Å². The Morgan fingerprint density at radius 3 is 2.38 bits per heavy atom. The Morgan fingerprint density at radius 1 is 0.952 bits per heavy atom. The second kappa shape index (κ2) is 7.55. The van der Waals surface area contributed by atoms with E-state index in [2.05, 4.69) is 10.2 Å². The normalized spacial score (nSPS) is 10.5. The lowest BCUT2D eigenvalue weighted by atomic mass is 10.2. The van der Waals surface area contributed by atoms with Crippen LogP contribution in [0.5, 0.6) is 11.5 Å². The number of likely N-dealkylation sites (N-methyl/N-ethyl adjacent to an activating group) is 1. The first-order valence-corrected chi connectivity index (χ1v) is 6.96. The molecule has 0 unspecified atom stereocenters. The van der Waals surface area contributed by atoms with Gasteiger partial charge in [-0.2, -0.15) is 0 Å². The second-order valence-electron chi connectivity index (χ2n) is 5.03. The highest BCUT2D eigenvalue weighted by Gasteiger charge is 1.99. The van der Waals surface area contributed by atoms with Crippen molar-refractivity contribution in [3.05, 3.63) is 48.5 Å². The molecule has 0 atom stereocenters. The lowest BCUT2D eigenvalue weighted by Gasteiger charge is -2.12. The molecule has 21 heavy (non-hydrogen) atoms. The molecule has 0 heterocycles. The summed E-state index contributed by atoms with van der Waals surface area (Å²) < 4.78 is 10.9. The maximum atomic E-state index is 5.67. The summed E-state index contributed by atoms with van der Waals surface area (Å²) in [5.74, 6) is 1.72. The molecule has 0 aliphatic rings. The Bertz CT molecular complexity index is 553. The fourth-order valence-corrected chi connectivity index (χ4v) is 1.85. The molecule has 0 bridgehead atoms. The van der Waals surface area contributed by atoms with Crippen LogP contribution in [-0.2, 0) is 0 Å². The van der Waals surface area contributed by atoms with E-state index in [0.29, 0.717) is 6.61 Å². The molecule has 2 aromatic rings. The van der Waals surface area contributed by atoms with E-state index in [9.17, 15) is 0 Å². The molecule has 0 radical (unpaired) electrons. The summed E-state index contributed by atoms with van der Waals surface area (Å²) in [4.78, 5) is 2.10. The van der Waals surface area contributed by atoms with Crippen LogP contribution in [0.1, 0.15) is 0 Å². The van der Waals surface area contributed by atoms with Crippen molar-refractivity contribution < 1.29 is 9.47 Å². The zero-order valence-electron chi connectivity index (χ0n) is 12.8. The molecule has 0 spiro atoms. The third kappa shape index (κ3) is 5.00. The molecule has 0 saturated heterocycles. The van der Waals surface area contributed by atoms with E-state index < -0.39 is 0 Å². The molecule has 112 valence electrons. The lowest BCUT2D eigenvalue weighted by molar-refractivity contribution is 0.261. The smallest absolute Gasteiger partial charge is 0.120 e. The molecule has 0 aliphatic heterocycles. The summed E-state index contributed by atoms with van der Waals surface area (Å²) in [5.41, 5.74) is 2.01. The zero-order chi connectivity index (χ0) is 15.1. The van der Waals surface area contributed by atoms with Crippen LogP contribution in [0, 0.1) is 0 Å². The van der Waals surface area contributed by atoms with Crippen LogP contribution >= 0.6 is 0 Å². The summed E-state index contributed by atoms with van der Waals surface area (Å²) in [7, 11) is 5.73. The van der Waals surface area contributed by atoms with Gasteiger partial charge in [-0.25, -0.2) is 0 Å². The van der Waals surface area contributed by atoms with Gasteiger partial charge in [-0.1, -0.05) is 6.07 Å². The van der Waals surface area contributed by atoms with Crippen molar-refractivity contribution in [2.45, 2.75) is 0 Å². The van der Waals surface area contributed by atoms with E-state index in [0.717, 1.165) is 29.4 Å². The van der Waals surface area contributed by atoms with Crippen LogP contribution in [0.3, 0.4) is 0 Å². The topological polar surface area (TPSA) is 33.7 Å². The van der Waals surface area contributed by atoms with Gasteiger partial charge in [0.15, 0.2) is 0 Å². The number of benzene rings is 2. The Labute approximate surface area is 126 Å². The first-order valence-electron chi connectivity index (χ1n) is 6.96. The van der Waals surface area contributed by atoms with E-state index in [1.165, 1.54) is 0 Å². The Kier molecular flexibility index (Phi) is 5.46. The summed E-state index contributed by atoms with van der Waals surface area (Å²) in [5, 5.41) is 3.34. The molecular formula is C17H22N2O2. The molecule has 2 rings (SSSR count). The molecule has 4 nitrogen and oxygen atoms in total. The highest BCUT2D eigenvalue weighted by molar-refractivity contribution is 5.61. The molecule has 0 aromatic heterocycles. The summed E-state index contributed by atoms with van der Waals surface area (Å²) >= 11 is 0. The van der Waals surface area contributed by atoms with Crippen LogP contribution < -0.4 is 14.8 Å². The van der Waals surface area contributed by atoms with Gasteiger partial charge in [0.1, 0.15) is 18.1 Å². The third-order valence-electron chi connectivity index (χ3n) is 3.02. The summed E-state index contributed by atoms with van der Waals surface area (Å²) in [6.45, 7) is 1.60. The van der Waals surface area contributed by atoms with Gasteiger partial charge in [-0.3, -0.25) is 0 Å². The van der Waals surface area contributed by atoms with Gasteiger partial charge < -0.3 is 19.7 Å². The average molecular weight is 286 g/mol. The van der Waals surface area contributed by atoms with Crippen molar-refractivity contribution in [2.75, 3.05) is 39.7 Å². The van der Waals surface area contributed by atoms with E-state index >= 15 is 0 Å². The van der Waals surface area contributed by atoms with Crippen molar-refractivity contribution in [2.24, 2.45) is 0 Å². The van der Waals surface area contributed by atoms with Gasteiger partial charge in [0.05, 0.1) is 7.11 Å². The van der Waals surface area contributed by atoms with Crippen LogP contribution in [0.15, 0.2) is 48.5 Å². The van der Waals surface area contributed by atoms with Crippen molar-refractivity contribution in [3.8, 4) is 11.5 Å². The van der Waals surface area contributed by atoms with Crippen molar-refractivity contribution >= 4 is 11.4 Å². The Balaban J connectivity index is 1.92. The highest BCUT2D eigenvalue weighted by atomic mass is 16.5. The molecule has 0 fully saturated rings. The van der Waals surface area contributed by atoms with Crippen LogP contribution in [-0.4, -0.2) is 39.3 Å². The number of hydrogen-bond acceptors (Lipinski definition) is 4. The number of nitrogens with zero attached hydrogens (tertiary/aromatic N) is 1. The molecule has 2 aromatic carbocycles. The number of hydrogen-bond donors (Lipinski definition) is 1. The van der Waals surface area contributed by atoms with Crippen molar-refractivity contribution in [3.63, 3.8) is 0 Å². The molecule has 1 N–H and O–H groups in total.